The van der Waals surface area contributed by atoms with Crippen LogP contribution >= 0.6 is 11.6 Å². The molecule has 1 heterocycles. The van der Waals surface area contributed by atoms with Gasteiger partial charge >= 0.3 is 5.97 Å². The van der Waals surface area contributed by atoms with Crippen LogP contribution in [0.2, 0.25) is 5.02 Å². The van der Waals surface area contributed by atoms with Crippen LogP contribution < -0.4 is 4.74 Å². The summed E-state index contributed by atoms with van der Waals surface area (Å²) in [5.74, 6) is 0.631. The van der Waals surface area contributed by atoms with E-state index in [0.717, 1.165) is 41.3 Å². The monoisotopic (exact) mass is 468 g/mol. The predicted octanol–water partition coefficient (Wildman–Crippen LogP) is 6.84. The highest BCUT2D eigenvalue weighted by Crippen LogP contribution is 2.44. The number of halogens is 1. The summed E-state index contributed by atoms with van der Waals surface area (Å²) < 4.78 is 17.3. The maximum absolute atomic E-state index is 11.1. The Kier molecular flexibility index (Phi) is 7.77. The maximum Gasteiger partial charge on any atom is 0.302 e. The smallest absolute Gasteiger partial charge is 0.302 e. The van der Waals surface area contributed by atoms with Crippen molar-refractivity contribution in [3.8, 4) is 5.75 Å². The standard InChI is InChI=1S/C28H33ClO4/c1-3-28(14-5-15-28)19-32-24-11-8-21(9-12-24)16-23-17-22(10-13-26(23)29)27-7-4-6-25(33-27)18-31-20(2)30/h4,6,8-13,17,25,27H,3,5,7,14-16,18-19H2,1-2H3/t25-,27+/m1/s1. The van der Waals surface area contributed by atoms with Gasteiger partial charge in [0.05, 0.1) is 12.7 Å². The van der Waals surface area contributed by atoms with E-state index < -0.39 is 0 Å². The first-order chi connectivity index (χ1) is 16.0. The van der Waals surface area contributed by atoms with Crippen molar-refractivity contribution in [3.63, 3.8) is 0 Å². The Morgan fingerprint density at radius 3 is 2.64 bits per heavy atom. The lowest BCUT2D eigenvalue weighted by Crippen LogP contribution is -2.34. The van der Waals surface area contributed by atoms with Crippen molar-refractivity contribution in [2.24, 2.45) is 5.41 Å². The molecule has 176 valence electrons. The zero-order valence-corrected chi connectivity index (χ0v) is 20.3. The molecule has 2 aliphatic rings. The molecule has 2 aromatic carbocycles. The second kappa shape index (κ2) is 10.8. The molecule has 0 saturated heterocycles. The number of benzene rings is 2. The number of hydrogen-bond donors (Lipinski definition) is 0. The normalized spacial score (nSPS) is 21.3. The van der Waals surface area contributed by atoms with E-state index in [1.807, 2.05) is 18.2 Å². The number of esters is 1. The second-order valence-electron chi connectivity index (χ2n) is 9.30. The van der Waals surface area contributed by atoms with Gasteiger partial charge in [0, 0.05) is 17.4 Å². The minimum absolute atomic E-state index is 0.0836. The maximum atomic E-state index is 11.1. The molecule has 0 N–H and O–H groups in total. The Morgan fingerprint density at radius 2 is 1.97 bits per heavy atom. The van der Waals surface area contributed by atoms with Gasteiger partial charge < -0.3 is 14.2 Å². The summed E-state index contributed by atoms with van der Waals surface area (Å²) in [5, 5.41) is 0.747. The van der Waals surface area contributed by atoms with Crippen molar-refractivity contribution < 1.29 is 19.0 Å². The minimum Gasteiger partial charge on any atom is -0.493 e. The Balaban J connectivity index is 1.38. The topological polar surface area (TPSA) is 44.8 Å². The van der Waals surface area contributed by atoms with Crippen molar-refractivity contribution >= 4 is 17.6 Å². The molecule has 0 radical (unpaired) electrons. The number of ether oxygens (including phenoxy) is 3. The van der Waals surface area contributed by atoms with Crippen LogP contribution in [0.3, 0.4) is 0 Å². The number of carbonyl (C=O) groups is 1. The zero-order valence-electron chi connectivity index (χ0n) is 19.5. The van der Waals surface area contributed by atoms with E-state index in [0.29, 0.717) is 5.41 Å². The predicted molar refractivity (Wildman–Crippen MR) is 131 cm³/mol. The van der Waals surface area contributed by atoms with Gasteiger partial charge in [-0.25, -0.2) is 0 Å². The molecular formula is C28H33ClO4. The molecule has 0 unspecified atom stereocenters. The third kappa shape index (κ3) is 6.18. The summed E-state index contributed by atoms with van der Waals surface area (Å²) >= 11 is 6.53. The molecular weight excluding hydrogens is 436 g/mol. The highest BCUT2D eigenvalue weighted by Gasteiger charge is 2.35. The van der Waals surface area contributed by atoms with E-state index in [4.69, 9.17) is 25.8 Å². The van der Waals surface area contributed by atoms with Crippen LogP contribution in [-0.4, -0.2) is 25.3 Å². The summed E-state index contributed by atoms with van der Waals surface area (Å²) in [6.45, 7) is 4.71. The molecule has 0 aromatic heterocycles. The van der Waals surface area contributed by atoms with Gasteiger partial charge in [-0.05, 0) is 67.0 Å². The van der Waals surface area contributed by atoms with Gasteiger partial charge in [0.1, 0.15) is 18.5 Å². The average Bonchev–Trinajstić information content (AvgIpc) is 2.80. The molecule has 4 nitrogen and oxygen atoms in total. The molecule has 2 atom stereocenters. The van der Waals surface area contributed by atoms with Crippen LogP contribution in [0.1, 0.15) is 68.7 Å². The summed E-state index contributed by atoms with van der Waals surface area (Å²) in [4.78, 5) is 11.1. The molecule has 1 saturated carbocycles. The van der Waals surface area contributed by atoms with Gasteiger partial charge in [0.2, 0.25) is 0 Å². The molecule has 0 spiro atoms. The van der Waals surface area contributed by atoms with Crippen LogP contribution in [0.5, 0.6) is 5.75 Å². The van der Waals surface area contributed by atoms with Crippen molar-refractivity contribution in [1.82, 2.24) is 0 Å². The van der Waals surface area contributed by atoms with E-state index >= 15 is 0 Å². The Labute approximate surface area is 201 Å². The fourth-order valence-electron chi connectivity index (χ4n) is 4.54. The lowest BCUT2D eigenvalue weighted by molar-refractivity contribution is -0.145. The average molecular weight is 469 g/mol. The zero-order chi connectivity index (χ0) is 23.3. The van der Waals surface area contributed by atoms with Crippen LogP contribution in [0.25, 0.3) is 0 Å². The van der Waals surface area contributed by atoms with Crippen molar-refractivity contribution in [3.05, 3.63) is 76.3 Å². The van der Waals surface area contributed by atoms with Gasteiger partial charge in [-0.3, -0.25) is 4.79 Å². The van der Waals surface area contributed by atoms with Crippen LogP contribution in [0.4, 0.5) is 0 Å². The van der Waals surface area contributed by atoms with Crippen molar-refractivity contribution in [2.75, 3.05) is 13.2 Å². The molecule has 1 aliphatic carbocycles. The molecule has 0 bridgehead atoms. The van der Waals surface area contributed by atoms with Gasteiger partial charge in [0.15, 0.2) is 0 Å². The van der Waals surface area contributed by atoms with Crippen LogP contribution in [0, 0.1) is 5.41 Å². The Hall–Kier alpha value is -2.30. The van der Waals surface area contributed by atoms with Gasteiger partial charge in [0.25, 0.3) is 0 Å². The fourth-order valence-corrected chi connectivity index (χ4v) is 4.73. The highest BCUT2D eigenvalue weighted by atomic mass is 35.5. The van der Waals surface area contributed by atoms with Gasteiger partial charge in [-0.1, -0.05) is 61.4 Å². The third-order valence-corrected chi connectivity index (χ3v) is 7.33. The molecule has 1 fully saturated rings. The number of hydrogen-bond acceptors (Lipinski definition) is 4. The van der Waals surface area contributed by atoms with Crippen LogP contribution in [-0.2, 0) is 20.7 Å². The van der Waals surface area contributed by atoms with E-state index in [1.165, 1.54) is 38.2 Å². The minimum atomic E-state index is -0.299. The Morgan fingerprint density at radius 1 is 1.18 bits per heavy atom. The Bertz CT molecular complexity index is 972. The number of rotatable bonds is 9. The molecule has 2 aromatic rings. The summed E-state index contributed by atoms with van der Waals surface area (Å²) in [7, 11) is 0. The van der Waals surface area contributed by atoms with Crippen molar-refractivity contribution in [1.29, 1.82) is 0 Å². The summed E-state index contributed by atoms with van der Waals surface area (Å²) in [5.41, 5.74) is 3.72. The molecule has 5 heteroatoms. The van der Waals surface area contributed by atoms with E-state index in [9.17, 15) is 4.79 Å². The van der Waals surface area contributed by atoms with Crippen molar-refractivity contribution in [2.45, 2.75) is 64.6 Å². The lowest BCUT2D eigenvalue weighted by Gasteiger charge is -2.40. The quantitative estimate of drug-likeness (QED) is 0.298. The van der Waals surface area contributed by atoms with E-state index in [-0.39, 0.29) is 24.8 Å². The van der Waals surface area contributed by atoms with E-state index in [2.05, 4.69) is 43.3 Å². The number of carbonyl (C=O) groups excluding carboxylic acids is 1. The first-order valence-electron chi connectivity index (χ1n) is 11.9. The second-order valence-corrected chi connectivity index (χ2v) is 9.70. The first-order valence-corrected chi connectivity index (χ1v) is 12.3. The molecule has 0 amide bonds. The lowest BCUT2D eigenvalue weighted by atomic mass is 9.68. The largest absolute Gasteiger partial charge is 0.493 e. The fraction of sp³-hybridized carbons (Fsp3) is 0.464. The van der Waals surface area contributed by atoms with Gasteiger partial charge in [-0.15, -0.1) is 0 Å². The SMILES string of the molecule is CCC1(COc2ccc(Cc3cc([C@@H]4CC=C[C@H](COC(C)=O)O4)ccc3Cl)cc2)CCC1. The van der Waals surface area contributed by atoms with Crippen LogP contribution in [0.15, 0.2) is 54.6 Å². The molecule has 1 aliphatic heterocycles. The summed E-state index contributed by atoms with van der Waals surface area (Å²) in [6, 6.07) is 14.4. The molecule has 4 rings (SSSR count). The van der Waals surface area contributed by atoms with Gasteiger partial charge in [-0.2, -0.15) is 0 Å². The summed E-state index contributed by atoms with van der Waals surface area (Å²) in [6.07, 6.45) is 10.3. The van der Waals surface area contributed by atoms with E-state index in [1.54, 1.807) is 0 Å². The third-order valence-electron chi connectivity index (χ3n) is 6.96. The molecule has 33 heavy (non-hydrogen) atoms. The first kappa shape index (κ1) is 23.8. The highest BCUT2D eigenvalue weighted by molar-refractivity contribution is 6.31.